The minimum Gasteiger partial charge on any atom is -0.451 e. The van der Waals surface area contributed by atoms with Crippen molar-refractivity contribution in [2.75, 3.05) is 19.6 Å². The number of nitrogens with one attached hydrogen (secondary N) is 1. The van der Waals surface area contributed by atoms with Gasteiger partial charge in [0.25, 0.3) is 5.91 Å². The minimum atomic E-state index is -0.131. The summed E-state index contributed by atoms with van der Waals surface area (Å²) in [6.45, 7) is 8.84. The Morgan fingerprint density at radius 1 is 0.967 bits per heavy atom. The number of furan rings is 1. The molecule has 1 N–H and O–H groups in total. The zero-order valence-corrected chi connectivity index (χ0v) is 18.3. The fourth-order valence-electron chi connectivity index (χ4n) is 4.47. The van der Waals surface area contributed by atoms with Crippen LogP contribution in [0.3, 0.4) is 0 Å². The predicted octanol–water partition coefficient (Wildman–Crippen LogP) is 5.71. The van der Waals surface area contributed by atoms with Gasteiger partial charge in [0.2, 0.25) is 0 Å². The Kier molecular flexibility index (Phi) is 6.24. The van der Waals surface area contributed by atoms with Gasteiger partial charge in [-0.15, -0.1) is 0 Å². The molecule has 30 heavy (non-hydrogen) atoms. The number of hydrogen-bond acceptors (Lipinski definition) is 3. The summed E-state index contributed by atoms with van der Waals surface area (Å²) in [4.78, 5) is 15.6. The molecule has 0 unspecified atom stereocenters. The lowest BCUT2D eigenvalue weighted by atomic mass is 10.0. The number of carbonyl (C=O) groups excluding carboxylic acids is 1. The van der Waals surface area contributed by atoms with Crippen LogP contribution in [0.5, 0.6) is 0 Å². The Bertz CT molecular complexity index is 1010. The molecular formula is C26H32N2O2. The van der Waals surface area contributed by atoms with E-state index in [0.29, 0.717) is 12.3 Å². The SMILES string of the molecule is Cc1ccc([C@@H](CNC(=O)c2oc3cc(C)ccc3c2C)N2CCCCCC2)cc1. The second-order valence-corrected chi connectivity index (χ2v) is 8.64. The summed E-state index contributed by atoms with van der Waals surface area (Å²) in [5.74, 6) is 0.294. The molecule has 0 aliphatic carbocycles. The first-order chi connectivity index (χ1) is 14.5. The van der Waals surface area contributed by atoms with Crippen LogP contribution >= 0.6 is 0 Å². The molecule has 1 aliphatic rings. The Morgan fingerprint density at radius 3 is 2.33 bits per heavy atom. The lowest BCUT2D eigenvalue weighted by Gasteiger charge is -2.31. The van der Waals surface area contributed by atoms with E-state index in [9.17, 15) is 4.79 Å². The van der Waals surface area contributed by atoms with Gasteiger partial charge in [0.1, 0.15) is 5.58 Å². The van der Waals surface area contributed by atoms with Crippen molar-refractivity contribution in [3.05, 3.63) is 70.5 Å². The molecule has 0 spiro atoms. The Morgan fingerprint density at radius 2 is 1.63 bits per heavy atom. The Balaban J connectivity index is 1.55. The summed E-state index contributed by atoms with van der Waals surface area (Å²) in [5, 5.41) is 4.18. The maximum absolute atomic E-state index is 13.0. The lowest BCUT2D eigenvalue weighted by Crippen LogP contribution is -2.38. The molecule has 4 rings (SSSR count). The van der Waals surface area contributed by atoms with Gasteiger partial charge in [0.15, 0.2) is 5.76 Å². The smallest absolute Gasteiger partial charge is 0.287 e. The number of likely N-dealkylation sites (tertiary alicyclic amines) is 1. The van der Waals surface area contributed by atoms with Gasteiger partial charge < -0.3 is 9.73 Å². The van der Waals surface area contributed by atoms with Crippen LogP contribution in [0.4, 0.5) is 0 Å². The largest absolute Gasteiger partial charge is 0.451 e. The summed E-state index contributed by atoms with van der Waals surface area (Å²) < 4.78 is 5.94. The fourth-order valence-corrected chi connectivity index (χ4v) is 4.47. The highest BCUT2D eigenvalue weighted by atomic mass is 16.3. The molecule has 1 fully saturated rings. The normalized spacial score (nSPS) is 16.4. The zero-order valence-electron chi connectivity index (χ0n) is 18.3. The van der Waals surface area contributed by atoms with Crippen molar-refractivity contribution in [3.63, 3.8) is 0 Å². The number of aryl methyl sites for hydroxylation is 3. The molecule has 3 aromatic rings. The number of fused-ring (bicyclic) bond motifs is 1. The van der Waals surface area contributed by atoms with E-state index < -0.39 is 0 Å². The zero-order chi connectivity index (χ0) is 21.1. The van der Waals surface area contributed by atoms with Gasteiger partial charge in [0, 0.05) is 17.5 Å². The average molecular weight is 405 g/mol. The number of benzene rings is 2. The Labute approximate surface area is 179 Å². The number of hydrogen-bond donors (Lipinski definition) is 1. The highest BCUT2D eigenvalue weighted by Crippen LogP contribution is 2.27. The van der Waals surface area contributed by atoms with E-state index in [0.717, 1.165) is 35.2 Å². The molecule has 0 bridgehead atoms. The quantitative estimate of drug-likeness (QED) is 0.593. The van der Waals surface area contributed by atoms with Gasteiger partial charge >= 0.3 is 0 Å². The van der Waals surface area contributed by atoms with Crippen LogP contribution in [0.25, 0.3) is 11.0 Å². The first-order valence-electron chi connectivity index (χ1n) is 11.1. The predicted molar refractivity (Wildman–Crippen MR) is 122 cm³/mol. The van der Waals surface area contributed by atoms with E-state index in [2.05, 4.69) is 47.5 Å². The van der Waals surface area contributed by atoms with Crippen LogP contribution in [0.1, 0.15) is 64.5 Å². The highest BCUT2D eigenvalue weighted by molar-refractivity contribution is 5.99. The number of amides is 1. The van der Waals surface area contributed by atoms with Crippen LogP contribution < -0.4 is 5.32 Å². The van der Waals surface area contributed by atoms with Crippen LogP contribution in [-0.2, 0) is 0 Å². The van der Waals surface area contributed by atoms with Crippen molar-refractivity contribution < 1.29 is 9.21 Å². The first-order valence-corrected chi connectivity index (χ1v) is 11.1. The van der Waals surface area contributed by atoms with Gasteiger partial charge in [0.05, 0.1) is 6.04 Å². The molecule has 158 valence electrons. The molecule has 1 atom stereocenters. The fraction of sp³-hybridized carbons (Fsp3) is 0.423. The number of carbonyl (C=O) groups is 1. The van der Waals surface area contributed by atoms with E-state index in [4.69, 9.17) is 4.42 Å². The van der Waals surface area contributed by atoms with Gasteiger partial charge in [-0.2, -0.15) is 0 Å². The number of rotatable bonds is 5. The third-order valence-electron chi connectivity index (χ3n) is 6.30. The van der Waals surface area contributed by atoms with Crippen LogP contribution in [0, 0.1) is 20.8 Å². The molecule has 1 saturated heterocycles. The summed E-state index contributed by atoms with van der Waals surface area (Å²) in [6.07, 6.45) is 5.03. The summed E-state index contributed by atoms with van der Waals surface area (Å²) in [7, 11) is 0. The topological polar surface area (TPSA) is 45.5 Å². The molecule has 2 aromatic carbocycles. The third kappa shape index (κ3) is 4.44. The van der Waals surface area contributed by atoms with Crippen molar-refractivity contribution in [3.8, 4) is 0 Å². The average Bonchev–Trinajstić information content (AvgIpc) is 2.90. The maximum Gasteiger partial charge on any atom is 0.287 e. The molecular weight excluding hydrogens is 372 g/mol. The summed E-state index contributed by atoms with van der Waals surface area (Å²) >= 11 is 0. The van der Waals surface area contributed by atoms with Crippen molar-refractivity contribution in [1.29, 1.82) is 0 Å². The molecule has 1 amide bonds. The van der Waals surface area contributed by atoms with Gasteiger partial charge in [-0.1, -0.05) is 54.8 Å². The molecule has 1 aliphatic heterocycles. The van der Waals surface area contributed by atoms with E-state index in [1.165, 1.54) is 36.8 Å². The number of nitrogens with zero attached hydrogens (tertiary/aromatic N) is 1. The molecule has 0 radical (unpaired) electrons. The lowest BCUT2D eigenvalue weighted by molar-refractivity contribution is 0.0907. The third-order valence-corrected chi connectivity index (χ3v) is 6.30. The minimum absolute atomic E-state index is 0.131. The Hall–Kier alpha value is -2.59. The summed E-state index contributed by atoms with van der Waals surface area (Å²) in [5.41, 5.74) is 5.33. The van der Waals surface area contributed by atoms with E-state index in [1.807, 2.05) is 26.0 Å². The second-order valence-electron chi connectivity index (χ2n) is 8.64. The monoisotopic (exact) mass is 404 g/mol. The van der Waals surface area contributed by atoms with Gasteiger partial charge in [-0.05, 0) is 63.9 Å². The molecule has 4 heteroatoms. The highest BCUT2D eigenvalue weighted by Gasteiger charge is 2.24. The van der Waals surface area contributed by atoms with Crippen molar-refractivity contribution in [2.45, 2.75) is 52.5 Å². The van der Waals surface area contributed by atoms with Gasteiger partial charge in [-0.25, -0.2) is 0 Å². The first kappa shape index (κ1) is 20.7. The van der Waals surface area contributed by atoms with Gasteiger partial charge in [-0.3, -0.25) is 9.69 Å². The van der Waals surface area contributed by atoms with Crippen molar-refractivity contribution in [1.82, 2.24) is 10.2 Å². The van der Waals surface area contributed by atoms with E-state index >= 15 is 0 Å². The van der Waals surface area contributed by atoms with Crippen molar-refractivity contribution in [2.24, 2.45) is 0 Å². The van der Waals surface area contributed by atoms with Crippen LogP contribution in [0.15, 0.2) is 46.9 Å². The molecule has 2 heterocycles. The standard InChI is InChI=1S/C26H32N2O2/c1-18-8-11-21(12-9-18)23(28-14-6-4-5-7-15-28)17-27-26(29)25-20(3)22-13-10-19(2)16-24(22)30-25/h8-13,16,23H,4-7,14-15,17H2,1-3H3,(H,27,29)/t23-/m1/s1. The van der Waals surface area contributed by atoms with Crippen LogP contribution in [0.2, 0.25) is 0 Å². The van der Waals surface area contributed by atoms with Crippen LogP contribution in [-0.4, -0.2) is 30.4 Å². The molecule has 0 saturated carbocycles. The molecule has 4 nitrogen and oxygen atoms in total. The second kappa shape index (κ2) is 9.05. The van der Waals surface area contributed by atoms with E-state index in [1.54, 1.807) is 0 Å². The summed E-state index contributed by atoms with van der Waals surface area (Å²) in [6, 6.07) is 15.0. The van der Waals surface area contributed by atoms with E-state index in [-0.39, 0.29) is 11.9 Å². The van der Waals surface area contributed by atoms with Crippen molar-refractivity contribution >= 4 is 16.9 Å². The molecule has 1 aromatic heterocycles. The maximum atomic E-state index is 13.0.